The van der Waals surface area contributed by atoms with Crippen molar-refractivity contribution >= 4 is 33.3 Å². The van der Waals surface area contributed by atoms with Crippen molar-refractivity contribution < 1.29 is 32.5 Å². The van der Waals surface area contributed by atoms with E-state index in [-0.39, 0.29) is 29.8 Å². The number of hydrogen-bond acceptors (Lipinski definition) is 7. The van der Waals surface area contributed by atoms with E-state index in [1.54, 1.807) is 25.1 Å². The maximum atomic E-state index is 12.0. The summed E-state index contributed by atoms with van der Waals surface area (Å²) in [5.41, 5.74) is 3.37. The van der Waals surface area contributed by atoms with Crippen molar-refractivity contribution in [3.63, 3.8) is 0 Å². The molecule has 1 spiro atoms. The number of nitrogens with zero attached hydrogens (tertiary/aromatic N) is 1. The number of benzene rings is 2. The van der Waals surface area contributed by atoms with E-state index in [1.807, 2.05) is 6.07 Å². The van der Waals surface area contributed by atoms with Crippen LogP contribution in [0.2, 0.25) is 5.02 Å². The summed E-state index contributed by atoms with van der Waals surface area (Å²) < 4.78 is 42.0. The predicted octanol–water partition coefficient (Wildman–Crippen LogP) is 4.78. The molecule has 43 heavy (non-hydrogen) atoms. The molecule has 1 saturated heterocycles. The van der Waals surface area contributed by atoms with Crippen molar-refractivity contribution in [2.24, 2.45) is 17.0 Å². The maximum absolute atomic E-state index is 12.0. The van der Waals surface area contributed by atoms with Gasteiger partial charge in [-0.3, -0.25) is 0 Å². The van der Waals surface area contributed by atoms with Crippen LogP contribution < -0.4 is 14.8 Å². The largest absolute Gasteiger partial charge is 0.490 e. The first-order valence-electron chi connectivity index (χ1n) is 15.3. The topological polar surface area (TPSA) is 128 Å². The first-order chi connectivity index (χ1) is 20.5. The van der Waals surface area contributed by atoms with Crippen LogP contribution in [-0.4, -0.2) is 69.9 Å². The summed E-state index contributed by atoms with van der Waals surface area (Å²) in [5.74, 6) is 0.451. The van der Waals surface area contributed by atoms with Crippen LogP contribution in [0, 0.1) is 11.8 Å². The van der Waals surface area contributed by atoms with Crippen LogP contribution >= 0.6 is 11.6 Å². The smallest absolute Gasteiger partial charge is 0.335 e. The number of carboxylic acids is 1. The SMILES string of the molecule is C[C@@H](CO[C@@H]1CCO[C@H]([C@@H]2CC[C@H]2CN2C[C@@]3(CCCc4cc(Cl)ccc43)COc3ccc(C(=O)O)cc32)C1)S(N)(=O)=O. The summed E-state index contributed by atoms with van der Waals surface area (Å²) in [6.45, 7) is 4.24. The Bertz CT molecular complexity index is 1470. The van der Waals surface area contributed by atoms with E-state index in [0.29, 0.717) is 30.8 Å². The lowest BCUT2D eigenvalue weighted by Crippen LogP contribution is -2.51. The Balaban J connectivity index is 1.23. The summed E-state index contributed by atoms with van der Waals surface area (Å²) in [5, 5.41) is 15.1. The quantitative estimate of drug-likeness (QED) is 0.426. The Morgan fingerprint density at radius 1 is 1.23 bits per heavy atom. The van der Waals surface area contributed by atoms with Gasteiger partial charge in [0.2, 0.25) is 10.0 Å². The normalized spacial score (nSPS) is 29.5. The molecule has 2 aromatic carbocycles. The highest BCUT2D eigenvalue weighted by Crippen LogP contribution is 2.47. The van der Waals surface area contributed by atoms with Gasteiger partial charge in [-0.2, -0.15) is 0 Å². The molecule has 1 saturated carbocycles. The molecule has 6 atom stereocenters. The number of sulfonamides is 1. The van der Waals surface area contributed by atoms with Gasteiger partial charge in [0, 0.05) is 36.6 Å². The Labute approximate surface area is 258 Å². The van der Waals surface area contributed by atoms with Gasteiger partial charge in [-0.1, -0.05) is 17.7 Å². The fourth-order valence-corrected chi connectivity index (χ4v) is 7.92. The minimum absolute atomic E-state index is 0.0295. The second-order valence-electron chi connectivity index (χ2n) is 12.9. The zero-order valence-corrected chi connectivity index (χ0v) is 26.1. The molecule has 9 nitrogen and oxygen atoms in total. The molecule has 2 aliphatic carbocycles. The number of hydrogen-bond donors (Lipinski definition) is 2. The highest BCUT2D eigenvalue weighted by molar-refractivity contribution is 7.89. The molecular formula is C32H41ClN2O7S. The van der Waals surface area contributed by atoms with Crippen LogP contribution in [-0.2, 0) is 31.3 Å². The Morgan fingerprint density at radius 3 is 2.81 bits per heavy atom. The van der Waals surface area contributed by atoms with E-state index in [9.17, 15) is 18.3 Å². The lowest BCUT2D eigenvalue weighted by molar-refractivity contribution is -0.116. The standard InChI is InChI=1S/C32H41ClN2O7S/c1-20(43(34,38)39)17-41-25-10-12-40-30(15-25)26-7-4-23(26)16-35-18-32(11-2-3-21-13-24(33)6-8-27(21)32)19-42-29-9-5-22(31(36)37)14-28(29)35/h5-6,8-9,13-14,20,23,25-26,30H,2-4,7,10-12,15-19H2,1H3,(H,36,37)(H2,34,38,39)/t20-,23-,25+,26+,30-,32-/m0/s1. The molecule has 0 aromatic heterocycles. The zero-order valence-electron chi connectivity index (χ0n) is 24.5. The second kappa shape index (κ2) is 12.2. The van der Waals surface area contributed by atoms with E-state index in [4.69, 9.17) is 31.0 Å². The minimum atomic E-state index is -3.64. The summed E-state index contributed by atoms with van der Waals surface area (Å²) in [4.78, 5) is 14.3. The van der Waals surface area contributed by atoms with Crippen molar-refractivity contribution in [3.05, 3.63) is 58.1 Å². The zero-order chi connectivity index (χ0) is 30.4. The predicted molar refractivity (Wildman–Crippen MR) is 165 cm³/mol. The molecule has 11 heteroatoms. The number of nitrogens with two attached hydrogens (primary N) is 1. The number of halogens is 1. The molecule has 234 valence electrons. The number of aromatic carboxylic acids is 1. The Kier molecular flexibility index (Phi) is 8.69. The van der Waals surface area contributed by atoms with Gasteiger partial charge in [0.05, 0.1) is 41.9 Å². The number of carboxylic acid groups (broad SMARTS) is 1. The van der Waals surface area contributed by atoms with Crippen LogP contribution in [0.25, 0.3) is 0 Å². The number of rotatable bonds is 8. The number of ether oxygens (including phenoxy) is 3. The molecular weight excluding hydrogens is 592 g/mol. The van der Waals surface area contributed by atoms with Gasteiger partial charge in [-0.15, -0.1) is 0 Å². The summed E-state index contributed by atoms with van der Waals surface area (Å²) in [7, 11) is -3.64. The van der Waals surface area contributed by atoms with E-state index < -0.39 is 21.2 Å². The van der Waals surface area contributed by atoms with Crippen LogP contribution in [0.3, 0.4) is 0 Å². The van der Waals surface area contributed by atoms with E-state index in [1.165, 1.54) is 11.1 Å². The number of primary sulfonamides is 1. The molecule has 2 aliphatic heterocycles. The van der Waals surface area contributed by atoms with Crippen molar-refractivity contribution in [2.75, 3.05) is 37.8 Å². The highest BCUT2D eigenvalue weighted by Gasteiger charge is 2.45. The first-order valence-corrected chi connectivity index (χ1v) is 17.3. The van der Waals surface area contributed by atoms with Crippen molar-refractivity contribution in [1.29, 1.82) is 0 Å². The van der Waals surface area contributed by atoms with Crippen molar-refractivity contribution in [3.8, 4) is 5.75 Å². The van der Waals surface area contributed by atoms with Gasteiger partial charge in [-0.25, -0.2) is 18.4 Å². The highest BCUT2D eigenvalue weighted by atomic mass is 35.5. The molecule has 2 fully saturated rings. The van der Waals surface area contributed by atoms with Gasteiger partial charge in [0.1, 0.15) is 5.75 Å². The van der Waals surface area contributed by atoms with Crippen LogP contribution in [0.5, 0.6) is 5.75 Å². The summed E-state index contributed by atoms with van der Waals surface area (Å²) >= 11 is 6.38. The number of fused-ring (bicyclic) bond motifs is 3. The number of anilines is 1. The third-order valence-electron chi connectivity index (χ3n) is 10.1. The molecule has 6 rings (SSSR count). The lowest BCUT2D eigenvalue weighted by Gasteiger charge is -2.47. The Hall–Kier alpha value is -2.37. The molecule has 0 unspecified atom stereocenters. The minimum Gasteiger partial charge on any atom is -0.490 e. The first kappa shape index (κ1) is 30.6. The van der Waals surface area contributed by atoms with E-state index in [2.05, 4.69) is 17.0 Å². The van der Waals surface area contributed by atoms with Crippen molar-refractivity contribution in [1.82, 2.24) is 0 Å². The lowest BCUT2D eigenvalue weighted by atomic mass is 9.67. The number of carbonyl (C=O) groups is 1. The number of aryl methyl sites for hydroxylation is 1. The monoisotopic (exact) mass is 632 g/mol. The molecule has 0 bridgehead atoms. The van der Waals surface area contributed by atoms with Gasteiger partial charge in [0.25, 0.3) is 0 Å². The molecule has 0 amide bonds. The fourth-order valence-electron chi connectivity index (χ4n) is 7.45. The molecule has 2 heterocycles. The summed E-state index contributed by atoms with van der Waals surface area (Å²) in [6.07, 6.45) is 6.52. The Morgan fingerprint density at radius 2 is 2.07 bits per heavy atom. The van der Waals surface area contributed by atoms with Gasteiger partial charge < -0.3 is 24.2 Å². The maximum Gasteiger partial charge on any atom is 0.335 e. The molecule has 2 aromatic rings. The van der Waals surface area contributed by atoms with Gasteiger partial charge >= 0.3 is 5.97 Å². The van der Waals surface area contributed by atoms with Gasteiger partial charge in [-0.05, 0) is 98.7 Å². The van der Waals surface area contributed by atoms with Crippen molar-refractivity contribution in [2.45, 2.75) is 74.7 Å². The van der Waals surface area contributed by atoms with E-state index in [0.717, 1.165) is 68.7 Å². The fraction of sp³-hybridized carbons (Fsp3) is 0.594. The molecule has 4 aliphatic rings. The molecule has 3 N–H and O–H groups in total. The van der Waals surface area contributed by atoms with Crippen LogP contribution in [0.4, 0.5) is 5.69 Å². The average molecular weight is 633 g/mol. The van der Waals surface area contributed by atoms with E-state index >= 15 is 0 Å². The van der Waals surface area contributed by atoms with Gasteiger partial charge in [0.15, 0.2) is 0 Å². The average Bonchev–Trinajstić information content (AvgIpc) is 3.10. The third kappa shape index (κ3) is 6.40. The summed E-state index contributed by atoms with van der Waals surface area (Å²) in [6, 6.07) is 11.4. The van der Waals surface area contributed by atoms with Crippen LogP contribution in [0.15, 0.2) is 36.4 Å². The second-order valence-corrected chi connectivity index (χ2v) is 15.3. The van der Waals surface area contributed by atoms with Crippen LogP contribution in [0.1, 0.15) is 66.9 Å². The molecule has 0 radical (unpaired) electrons. The third-order valence-corrected chi connectivity index (χ3v) is 11.6.